The minimum absolute atomic E-state index is 0.0756. The molecule has 0 fully saturated rings. The van der Waals surface area contributed by atoms with Gasteiger partial charge in [0.25, 0.3) is 0 Å². The van der Waals surface area contributed by atoms with Crippen LogP contribution in [0.1, 0.15) is 20.8 Å². The minimum atomic E-state index is -1.03. The number of carbonyl (C=O) groups is 2. The lowest BCUT2D eigenvalue weighted by atomic mass is 9.89. The molecule has 0 aliphatic heterocycles. The zero-order valence-corrected chi connectivity index (χ0v) is 12.8. The normalized spacial score (nSPS) is 12.7. The Morgan fingerprint density at radius 1 is 1.33 bits per heavy atom. The Labute approximate surface area is 127 Å². The zero-order chi connectivity index (χ0) is 16.2. The van der Waals surface area contributed by atoms with Crippen LogP contribution in [0.5, 0.6) is 0 Å². The van der Waals surface area contributed by atoms with E-state index in [-0.39, 0.29) is 17.3 Å². The molecule has 1 atom stereocenters. The first-order valence-corrected chi connectivity index (χ1v) is 6.71. The number of anilines is 1. The van der Waals surface area contributed by atoms with E-state index >= 15 is 0 Å². The standard InChI is InChI=1S/C14H18ClFN2O3/c1-14(2,3)11(19)7-17-12(20)13(21)18-10-6-8(15)4-5-9(10)16/h4-6,11,19H,7H2,1-3H3,(H,17,20)(H,18,21). The zero-order valence-electron chi connectivity index (χ0n) is 12.0. The molecule has 0 radical (unpaired) electrons. The van der Waals surface area contributed by atoms with E-state index in [9.17, 15) is 19.1 Å². The number of aliphatic hydroxyl groups excluding tert-OH is 1. The smallest absolute Gasteiger partial charge is 0.313 e. The van der Waals surface area contributed by atoms with Crippen molar-refractivity contribution < 1.29 is 19.1 Å². The molecule has 0 aliphatic rings. The Balaban J connectivity index is 2.60. The second-order valence-electron chi connectivity index (χ2n) is 5.67. The summed E-state index contributed by atoms with van der Waals surface area (Å²) in [6.07, 6.45) is -0.808. The van der Waals surface area contributed by atoms with E-state index in [1.807, 2.05) is 0 Å². The summed E-state index contributed by atoms with van der Waals surface area (Å²) < 4.78 is 13.4. The van der Waals surface area contributed by atoms with E-state index in [0.717, 1.165) is 6.07 Å². The molecule has 116 valence electrons. The summed E-state index contributed by atoms with van der Waals surface area (Å²) in [6.45, 7) is 5.31. The fraction of sp³-hybridized carbons (Fsp3) is 0.429. The number of hydrogen-bond donors (Lipinski definition) is 3. The van der Waals surface area contributed by atoms with E-state index in [1.54, 1.807) is 20.8 Å². The Hall–Kier alpha value is -1.66. The third-order valence-corrected chi connectivity index (χ3v) is 3.07. The first-order chi connectivity index (χ1) is 9.61. The molecule has 0 saturated carbocycles. The highest BCUT2D eigenvalue weighted by Crippen LogP contribution is 2.20. The summed E-state index contributed by atoms with van der Waals surface area (Å²) in [6, 6.07) is 3.61. The van der Waals surface area contributed by atoms with Gasteiger partial charge in [0, 0.05) is 11.6 Å². The third kappa shape index (κ3) is 5.32. The molecule has 0 aromatic heterocycles. The van der Waals surface area contributed by atoms with Gasteiger partial charge in [-0.15, -0.1) is 0 Å². The van der Waals surface area contributed by atoms with E-state index in [0.29, 0.717) is 0 Å². The Kier molecular flexibility index (Phi) is 5.69. The van der Waals surface area contributed by atoms with E-state index < -0.39 is 29.2 Å². The summed E-state index contributed by atoms with van der Waals surface area (Å²) in [5.41, 5.74) is -0.609. The van der Waals surface area contributed by atoms with Crippen molar-refractivity contribution in [2.45, 2.75) is 26.9 Å². The van der Waals surface area contributed by atoms with Crippen LogP contribution in [0, 0.1) is 11.2 Å². The fourth-order valence-electron chi connectivity index (χ4n) is 1.35. The molecule has 0 spiro atoms. The van der Waals surface area contributed by atoms with Gasteiger partial charge in [0.15, 0.2) is 0 Å². The summed E-state index contributed by atoms with van der Waals surface area (Å²) in [4.78, 5) is 23.2. The van der Waals surface area contributed by atoms with Gasteiger partial charge in [-0.05, 0) is 23.6 Å². The van der Waals surface area contributed by atoms with Crippen LogP contribution in [0.15, 0.2) is 18.2 Å². The van der Waals surface area contributed by atoms with Crippen molar-refractivity contribution in [3.05, 3.63) is 29.0 Å². The van der Waals surface area contributed by atoms with Crippen molar-refractivity contribution in [2.24, 2.45) is 5.41 Å². The lowest BCUT2D eigenvalue weighted by Gasteiger charge is -2.25. The fourth-order valence-corrected chi connectivity index (χ4v) is 1.52. The molecule has 2 amide bonds. The van der Waals surface area contributed by atoms with E-state index in [4.69, 9.17) is 11.6 Å². The molecule has 7 heteroatoms. The van der Waals surface area contributed by atoms with Crippen LogP contribution < -0.4 is 10.6 Å². The maximum absolute atomic E-state index is 13.4. The van der Waals surface area contributed by atoms with E-state index in [2.05, 4.69) is 10.6 Å². The van der Waals surface area contributed by atoms with Crippen molar-refractivity contribution >= 4 is 29.1 Å². The Morgan fingerprint density at radius 3 is 2.52 bits per heavy atom. The number of amides is 2. The molecule has 5 nitrogen and oxygen atoms in total. The van der Waals surface area contributed by atoms with Gasteiger partial charge in [-0.3, -0.25) is 9.59 Å². The van der Waals surface area contributed by atoms with Gasteiger partial charge in [0.2, 0.25) is 0 Å². The number of hydrogen-bond acceptors (Lipinski definition) is 3. The van der Waals surface area contributed by atoms with Crippen molar-refractivity contribution in [2.75, 3.05) is 11.9 Å². The third-order valence-electron chi connectivity index (χ3n) is 2.84. The van der Waals surface area contributed by atoms with Crippen molar-refractivity contribution in [1.29, 1.82) is 0 Å². The number of carbonyl (C=O) groups excluding carboxylic acids is 2. The number of rotatable bonds is 3. The number of benzene rings is 1. The van der Waals surface area contributed by atoms with Crippen LogP contribution in [-0.2, 0) is 9.59 Å². The predicted molar refractivity (Wildman–Crippen MR) is 78.5 cm³/mol. The highest BCUT2D eigenvalue weighted by atomic mass is 35.5. The van der Waals surface area contributed by atoms with Crippen LogP contribution in [0.3, 0.4) is 0 Å². The Morgan fingerprint density at radius 2 is 1.95 bits per heavy atom. The topological polar surface area (TPSA) is 78.4 Å². The monoisotopic (exact) mass is 316 g/mol. The second kappa shape index (κ2) is 6.87. The van der Waals surface area contributed by atoms with Crippen LogP contribution in [0.2, 0.25) is 5.02 Å². The number of aliphatic hydroxyl groups is 1. The van der Waals surface area contributed by atoms with E-state index in [1.165, 1.54) is 12.1 Å². The number of halogens is 2. The molecule has 1 aromatic rings. The maximum atomic E-state index is 13.4. The van der Waals surface area contributed by atoms with Crippen LogP contribution >= 0.6 is 11.6 Å². The highest BCUT2D eigenvalue weighted by molar-refractivity contribution is 6.39. The lowest BCUT2D eigenvalue weighted by Crippen LogP contribution is -2.43. The minimum Gasteiger partial charge on any atom is -0.391 e. The van der Waals surface area contributed by atoms with Gasteiger partial charge in [0.05, 0.1) is 11.8 Å². The molecule has 21 heavy (non-hydrogen) atoms. The van der Waals surface area contributed by atoms with Crippen LogP contribution in [0.4, 0.5) is 10.1 Å². The maximum Gasteiger partial charge on any atom is 0.313 e. The largest absolute Gasteiger partial charge is 0.391 e. The van der Waals surface area contributed by atoms with Gasteiger partial charge in [-0.1, -0.05) is 32.4 Å². The summed E-state index contributed by atoms with van der Waals surface area (Å²) >= 11 is 5.68. The quantitative estimate of drug-likeness (QED) is 0.746. The van der Waals surface area contributed by atoms with Crippen LogP contribution in [0.25, 0.3) is 0 Å². The van der Waals surface area contributed by atoms with Crippen molar-refractivity contribution in [3.63, 3.8) is 0 Å². The molecule has 1 rings (SSSR count). The van der Waals surface area contributed by atoms with Gasteiger partial charge in [0.1, 0.15) is 5.82 Å². The lowest BCUT2D eigenvalue weighted by molar-refractivity contribution is -0.136. The average Bonchev–Trinajstić information content (AvgIpc) is 2.38. The summed E-state index contributed by atoms with van der Waals surface area (Å²) in [5.74, 6) is -2.69. The first-order valence-electron chi connectivity index (χ1n) is 6.33. The molecular formula is C14H18ClFN2O3. The highest BCUT2D eigenvalue weighted by Gasteiger charge is 2.24. The molecule has 0 aliphatic carbocycles. The molecule has 0 saturated heterocycles. The molecule has 0 heterocycles. The molecule has 1 unspecified atom stereocenters. The van der Waals surface area contributed by atoms with Crippen LogP contribution in [-0.4, -0.2) is 29.6 Å². The number of nitrogens with one attached hydrogen (secondary N) is 2. The molecule has 0 bridgehead atoms. The van der Waals surface area contributed by atoms with Gasteiger partial charge in [-0.2, -0.15) is 0 Å². The molecule has 1 aromatic carbocycles. The van der Waals surface area contributed by atoms with Gasteiger partial charge in [-0.25, -0.2) is 4.39 Å². The average molecular weight is 317 g/mol. The van der Waals surface area contributed by atoms with Crippen molar-refractivity contribution in [3.8, 4) is 0 Å². The molecular weight excluding hydrogens is 299 g/mol. The summed E-state index contributed by atoms with van der Waals surface area (Å²) in [7, 11) is 0. The van der Waals surface area contributed by atoms with Gasteiger partial charge < -0.3 is 15.7 Å². The predicted octanol–water partition coefficient (Wildman–Crippen LogP) is 1.94. The SMILES string of the molecule is CC(C)(C)C(O)CNC(=O)C(=O)Nc1cc(Cl)ccc1F. The summed E-state index contributed by atoms with van der Waals surface area (Å²) in [5, 5.41) is 14.4. The van der Waals surface area contributed by atoms with Crippen molar-refractivity contribution in [1.82, 2.24) is 5.32 Å². The second-order valence-corrected chi connectivity index (χ2v) is 6.11. The van der Waals surface area contributed by atoms with Gasteiger partial charge >= 0.3 is 11.8 Å². The molecule has 3 N–H and O–H groups in total. The Bertz CT molecular complexity index is 544. The first kappa shape index (κ1) is 17.4.